The zero-order valence-corrected chi connectivity index (χ0v) is 15.0. The Bertz CT molecular complexity index is 863. The molecule has 0 spiro atoms. The van der Waals surface area contributed by atoms with Crippen LogP contribution >= 0.6 is 23.2 Å². The summed E-state index contributed by atoms with van der Waals surface area (Å²) in [5, 5.41) is 8.22. The van der Waals surface area contributed by atoms with Crippen LogP contribution in [-0.2, 0) is 17.8 Å². The van der Waals surface area contributed by atoms with Gasteiger partial charge in [-0.3, -0.25) is 4.79 Å². The molecule has 3 rings (SSSR count). The van der Waals surface area contributed by atoms with Gasteiger partial charge in [-0.15, -0.1) is 0 Å². The highest BCUT2D eigenvalue weighted by atomic mass is 35.5. The lowest BCUT2D eigenvalue weighted by atomic mass is 10.1. The number of amides is 1. The van der Waals surface area contributed by atoms with E-state index in [0.717, 1.165) is 16.8 Å². The molecule has 1 aromatic heterocycles. The third-order valence-corrected chi connectivity index (χ3v) is 4.73. The minimum absolute atomic E-state index is 0.0358. The quantitative estimate of drug-likeness (QED) is 0.694. The fraction of sp³-hybridized carbons (Fsp3) is 0.158. The standard InChI is InChI=1S/C19H17Cl2N3O/c20-16-7-3-6-14(19(16)21)9-10-18(25)22-13-15-5-1-2-8-17(15)24-12-4-11-23-24/h1-8,11-12H,9-10,13H2,(H,22,25). The van der Waals surface area contributed by atoms with Gasteiger partial charge in [-0.05, 0) is 35.7 Å². The molecule has 1 N–H and O–H groups in total. The highest BCUT2D eigenvalue weighted by Crippen LogP contribution is 2.26. The summed E-state index contributed by atoms with van der Waals surface area (Å²) < 4.78 is 1.78. The Hall–Kier alpha value is -2.30. The average molecular weight is 374 g/mol. The number of aryl methyl sites for hydroxylation is 1. The summed E-state index contributed by atoms with van der Waals surface area (Å²) in [6.07, 6.45) is 4.50. The molecule has 0 saturated carbocycles. The van der Waals surface area contributed by atoms with Crippen LogP contribution in [0.15, 0.2) is 60.9 Å². The van der Waals surface area contributed by atoms with Gasteiger partial charge in [0.15, 0.2) is 0 Å². The van der Waals surface area contributed by atoms with Crippen LogP contribution in [0.3, 0.4) is 0 Å². The first-order valence-electron chi connectivity index (χ1n) is 7.92. The normalized spacial score (nSPS) is 10.6. The van der Waals surface area contributed by atoms with Crippen LogP contribution in [0, 0.1) is 0 Å². The van der Waals surface area contributed by atoms with Crippen LogP contribution in [-0.4, -0.2) is 15.7 Å². The van der Waals surface area contributed by atoms with Gasteiger partial charge in [0.1, 0.15) is 0 Å². The molecule has 0 unspecified atom stereocenters. The summed E-state index contributed by atoms with van der Waals surface area (Å²) in [7, 11) is 0. The first kappa shape index (κ1) is 17.5. The van der Waals surface area contributed by atoms with Crippen LogP contribution in [0.4, 0.5) is 0 Å². The number of nitrogens with one attached hydrogen (secondary N) is 1. The summed E-state index contributed by atoms with van der Waals surface area (Å²) in [6, 6.07) is 15.2. The van der Waals surface area contributed by atoms with Gasteiger partial charge >= 0.3 is 0 Å². The van der Waals surface area contributed by atoms with Gasteiger partial charge in [0.25, 0.3) is 0 Å². The van der Waals surface area contributed by atoms with E-state index in [0.29, 0.717) is 29.4 Å². The van der Waals surface area contributed by atoms with Crippen molar-refractivity contribution in [2.24, 2.45) is 0 Å². The molecule has 1 amide bonds. The highest BCUT2D eigenvalue weighted by molar-refractivity contribution is 6.42. The summed E-state index contributed by atoms with van der Waals surface area (Å²) in [5.74, 6) is -0.0358. The van der Waals surface area contributed by atoms with E-state index in [2.05, 4.69) is 10.4 Å². The molecule has 2 aromatic carbocycles. The molecule has 25 heavy (non-hydrogen) atoms. The second kappa shape index (κ2) is 8.19. The first-order valence-corrected chi connectivity index (χ1v) is 8.68. The number of carbonyl (C=O) groups excluding carboxylic acids is 1. The van der Waals surface area contributed by atoms with E-state index < -0.39 is 0 Å². The number of carbonyl (C=O) groups is 1. The van der Waals surface area contributed by atoms with E-state index >= 15 is 0 Å². The Morgan fingerprint density at radius 2 is 1.84 bits per heavy atom. The van der Waals surface area contributed by atoms with Gasteiger partial charge in [-0.2, -0.15) is 5.10 Å². The van der Waals surface area contributed by atoms with Gasteiger partial charge < -0.3 is 5.32 Å². The molecule has 0 aliphatic heterocycles. The molecule has 0 fully saturated rings. The van der Waals surface area contributed by atoms with Crippen LogP contribution in [0.5, 0.6) is 0 Å². The van der Waals surface area contributed by atoms with Crippen molar-refractivity contribution in [1.82, 2.24) is 15.1 Å². The van der Waals surface area contributed by atoms with Crippen LogP contribution in [0.2, 0.25) is 10.0 Å². The Kier molecular flexibility index (Phi) is 5.74. The zero-order valence-electron chi connectivity index (χ0n) is 13.5. The van der Waals surface area contributed by atoms with Gasteiger partial charge in [0.05, 0.1) is 15.7 Å². The molecule has 0 radical (unpaired) electrons. The third kappa shape index (κ3) is 4.41. The molecule has 0 aliphatic rings. The number of rotatable bonds is 6. The molecule has 1 heterocycles. The molecular weight excluding hydrogens is 357 g/mol. The lowest BCUT2D eigenvalue weighted by Gasteiger charge is -2.11. The second-order valence-corrected chi connectivity index (χ2v) is 6.35. The van der Waals surface area contributed by atoms with Crippen LogP contribution in [0.25, 0.3) is 5.69 Å². The minimum atomic E-state index is -0.0358. The molecule has 6 heteroatoms. The molecule has 0 atom stereocenters. The third-order valence-electron chi connectivity index (χ3n) is 3.87. The molecule has 4 nitrogen and oxygen atoms in total. The summed E-state index contributed by atoms with van der Waals surface area (Å²) >= 11 is 12.1. The molecular formula is C19H17Cl2N3O. The van der Waals surface area contributed by atoms with E-state index in [9.17, 15) is 4.79 Å². The fourth-order valence-electron chi connectivity index (χ4n) is 2.57. The van der Waals surface area contributed by atoms with E-state index in [1.54, 1.807) is 16.9 Å². The smallest absolute Gasteiger partial charge is 0.220 e. The molecule has 128 valence electrons. The van der Waals surface area contributed by atoms with Crippen molar-refractivity contribution < 1.29 is 4.79 Å². The second-order valence-electron chi connectivity index (χ2n) is 5.57. The lowest BCUT2D eigenvalue weighted by molar-refractivity contribution is -0.121. The number of hydrogen-bond acceptors (Lipinski definition) is 2. The van der Waals surface area contributed by atoms with Crippen LogP contribution in [0.1, 0.15) is 17.5 Å². The minimum Gasteiger partial charge on any atom is -0.352 e. The maximum atomic E-state index is 12.2. The van der Waals surface area contributed by atoms with Crippen molar-refractivity contribution in [3.63, 3.8) is 0 Å². The van der Waals surface area contributed by atoms with Crippen molar-refractivity contribution in [3.8, 4) is 5.69 Å². The topological polar surface area (TPSA) is 46.9 Å². The van der Waals surface area contributed by atoms with Crippen LogP contribution < -0.4 is 5.32 Å². The summed E-state index contributed by atoms with van der Waals surface area (Å²) in [5.41, 5.74) is 2.83. The predicted molar refractivity (Wildman–Crippen MR) is 100 cm³/mol. The highest BCUT2D eigenvalue weighted by Gasteiger charge is 2.09. The Morgan fingerprint density at radius 3 is 2.64 bits per heavy atom. The maximum absolute atomic E-state index is 12.2. The Morgan fingerprint density at radius 1 is 1.04 bits per heavy atom. The van der Waals surface area contributed by atoms with Gasteiger partial charge in [-0.1, -0.05) is 53.5 Å². The van der Waals surface area contributed by atoms with Crippen molar-refractivity contribution in [1.29, 1.82) is 0 Å². The maximum Gasteiger partial charge on any atom is 0.220 e. The zero-order chi connectivity index (χ0) is 17.6. The van der Waals surface area contributed by atoms with E-state index in [4.69, 9.17) is 23.2 Å². The number of aromatic nitrogens is 2. The molecule has 0 aliphatic carbocycles. The number of hydrogen-bond donors (Lipinski definition) is 1. The lowest BCUT2D eigenvalue weighted by Crippen LogP contribution is -2.23. The number of halogens is 2. The molecule has 0 bridgehead atoms. The Labute approximate surface area is 156 Å². The van der Waals surface area contributed by atoms with Crippen molar-refractivity contribution >= 4 is 29.1 Å². The molecule has 3 aromatic rings. The monoisotopic (exact) mass is 373 g/mol. The largest absolute Gasteiger partial charge is 0.352 e. The SMILES string of the molecule is O=C(CCc1cccc(Cl)c1Cl)NCc1ccccc1-n1cccn1. The van der Waals surface area contributed by atoms with Gasteiger partial charge in [0.2, 0.25) is 5.91 Å². The van der Waals surface area contributed by atoms with Crippen molar-refractivity contribution in [2.45, 2.75) is 19.4 Å². The average Bonchev–Trinajstić information content (AvgIpc) is 3.16. The van der Waals surface area contributed by atoms with Gasteiger partial charge in [0, 0.05) is 25.4 Å². The number of benzene rings is 2. The molecule has 0 saturated heterocycles. The van der Waals surface area contributed by atoms with E-state index in [1.807, 2.05) is 48.7 Å². The fourth-order valence-corrected chi connectivity index (χ4v) is 2.98. The summed E-state index contributed by atoms with van der Waals surface area (Å²) in [6.45, 7) is 0.443. The number of nitrogens with zero attached hydrogens (tertiary/aromatic N) is 2. The van der Waals surface area contributed by atoms with Crippen molar-refractivity contribution in [2.75, 3.05) is 0 Å². The van der Waals surface area contributed by atoms with Crippen molar-refractivity contribution in [3.05, 3.63) is 82.1 Å². The first-order chi connectivity index (χ1) is 12.1. The predicted octanol–water partition coefficient (Wildman–Crippen LogP) is 4.43. The van der Waals surface area contributed by atoms with E-state index in [-0.39, 0.29) is 5.91 Å². The van der Waals surface area contributed by atoms with Gasteiger partial charge in [-0.25, -0.2) is 4.68 Å². The van der Waals surface area contributed by atoms with E-state index in [1.165, 1.54) is 0 Å². The number of para-hydroxylation sites is 1. The summed E-state index contributed by atoms with van der Waals surface area (Å²) in [4.78, 5) is 12.2. The Balaban J connectivity index is 1.59.